The predicted molar refractivity (Wildman–Crippen MR) is 124 cm³/mol. The Morgan fingerprint density at radius 3 is 2.00 bits per heavy atom. The standard InChI is InChI=1S/C24H17ClN4O2S/c25-20-13-7-6-12-19(20)21-26-27-24(28(21)14-16-8-2-1-3-9-16)32-15-29-22(30)17-10-4-5-11-18(17)23(29)31/h1-13H,14-15H2. The fourth-order valence-electron chi connectivity index (χ4n) is 3.62. The van der Waals surface area contributed by atoms with Gasteiger partial charge in [-0.05, 0) is 29.8 Å². The van der Waals surface area contributed by atoms with Gasteiger partial charge in [-0.25, -0.2) is 0 Å². The molecule has 0 aliphatic carbocycles. The largest absolute Gasteiger partial charge is 0.297 e. The first-order valence-corrected chi connectivity index (χ1v) is 11.3. The van der Waals surface area contributed by atoms with E-state index in [9.17, 15) is 9.59 Å². The van der Waals surface area contributed by atoms with Crippen molar-refractivity contribution in [2.24, 2.45) is 0 Å². The second-order valence-electron chi connectivity index (χ2n) is 7.22. The quantitative estimate of drug-likeness (QED) is 0.299. The molecular weight excluding hydrogens is 444 g/mol. The smallest absolute Gasteiger partial charge is 0.262 e. The summed E-state index contributed by atoms with van der Waals surface area (Å²) >= 11 is 7.72. The minimum absolute atomic E-state index is 0.141. The lowest BCUT2D eigenvalue weighted by Gasteiger charge is -2.15. The molecule has 2 amide bonds. The third kappa shape index (κ3) is 3.70. The Labute approximate surface area is 193 Å². The van der Waals surface area contributed by atoms with Crippen molar-refractivity contribution in [2.45, 2.75) is 11.7 Å². The third-order valence-corrected chi connectivity index (χ3v) is 6.49. The summed E-state index contributed by atoms with van der Waals surface area (Å²) in [4.78, 5) is 26.7. The van der Waals surface area contributed by atoms with E-state index >= 15 is 0 Å². The van der Waals surface area contributed by atoms with E-state index in [1.165, 1.54) is 16.7 Å². The SMILES string of the molecule is O=C1c2ccccc2C(=O)N1CSc1nnc(-c2ccccc2Cl)n1Cc1ccccc1. The van der Waals surface area contributed by atoms with E-state index in [2.05, 4.69) is 10.2 Å². The van der Waals surface area contributed by atoms with E-state index < -0.39 is 0 Å². The van der Waals surface area contributed by atoms with Crippen molar-refractivity contribution in [1.82, 2.24) is 19.7 Å². The van der Waals surface area contributed by atoms with Gasteiger partial charge < -0.3 is 0 Å². The maximum absolute atomic E-state index is 12.7. The van der Waals surface area contributed by atoms with Crippen LogP contribution in [0.5, 0.6) is 0 Å². The highest BCUT2D eigenvalue weighted by Crippen LogP contribution is 2.31. The van der Waals surface area contributed by atoms with Gasteiger partial charge in [-0.3, -0.25) is 19.1 Å². The van der Waals surface area contributed by atoms with Gasteiger partial charge in [0, 0.05) is 5.56 Å². The zero-order chi connectivity index (χ0) is 22.1. The molecule has 0 unspecified atom stereocenters. The third-order valence-electron chi connectivity index (χ3n) is 5.22. The predicted octanol–water partition coefficient (Wildman–Crippen LogP) is 4.99. The Kier molecular flexibility index (Phi) is 5.51. The van der Waals surface area contributed by atoms with Crippen LogP contribution in [0.25, 0.3) is 11.4 Å². The number of thioether (sulfide) groups is 1. The molecule has 5 rings (SSSR count). The van der Waals surface area contributed by atoms with Crippen LogP contribution in [0.3, 0.4) is 0 Å². The zero-order valence-corrected chi connectivity index (χ0v) is 18.4. The van der Waals surface area contributed by atoms with E-state index in [1.54, 1.807) is 24.3 Å². The molecular formula is C24H17ClN4O2S. The van der Waals surface area contributed by atoms with Crippen LogP contribution in [0, 0.1) is 0 Å². The van der Waals surface area contributed by atoms with Crippen molar-refractivity contribution in [3.8, 4) is 11.4 Å². The summed E-state index contributed by atoms with van der Waals surface area (Å²) in [7, 11) is 0. The first kappa shape index (κ1) is 20.5. The van der Waals surface area contributed by atoms with Crippen LogP contribution in [-0.2, 0) is 6.54 Å². The summed E-state index contributed by atoms with van der Waals surface area (Å²) < 4.78 is 1.96. The van der Waals surface area contributed by atoms with Crippen molar-refractivity contribution < 1.29 is 9.59 Å². The van der Waals surface area contributed by atoms with Gasteiger partial charge in [-0.15, -0.1) is 10.2 Å². The second kappa shape index (κ2) is 8.61. The number of rotatable bonds is 6. The van der Waals surface area contributed by atoms with Gasteiger partial charge >= 0.3 is 0 Å². The summed E-state index contributed by atoms with van der Waals surface area (Å²) in [6.45, 7) is 0.527. The molecule has 0 radical (unpaired) electrons. The van der Waals surface area contributed by atoms with Crippen molar-refractivity contribution in [2.75, 3.05) is 5.88 Å². The average Bonchev–Trinajstić information content (AvgIpc) is 3.32. The minimum Gasteiger partial charge on any atom is -0.297 e. The van der Waals surface area contributed by atoms with Crippen LogP contribution in [0.4, 0.5) is 0 Å². The highest BCUT2D eigenvalue weighted by molar-refractivity contribution is 7.99. The van der Waals surface area contributed by atoms with Gasteiger partial charge in [0.25, 0.3) is 11.8 Å². The minimum atomic E-state index is -0.293. The van der Waals surface area contributed by atoms with Gasteiger partial charge in [0.05, 0.1) is 28.6 Å². The van der Waals surface area contributed by atoms with Crippen LogP contribution < -0.4 is 0 Å². The van der Waals surface area contributed by atoms with Crippen molar-refractivity contribution in [3.05, 3.63) is 101 Å². The summed E-state index contributed by atoms with van der Waals surface area (Å²) in [5.74, 6) is 0.184. The monoisotopic (exact) mass is 460 g/mol. The molecule has 158 valence electrons. The van der Waals surface area contributed by atoms with E-state index in [0.29, 0.717) is 33.7 Å². The molecule has 1 aliphatic heterocycles. The summed E-state index contributed by atoms with van der Waals surface area (Å²) in [6.07, 6.45) is 0. The molecule has 8 heteroatoms. The second-order valence-corrected chi connectivity index (χ2v) is 8.53. The van der Waals surface area contributed by atoms with E-state index in [-0.39, 0.29) is 17.7 Å². The number of hydrogen-bond acceptors (Lipinski definition) is 5. The number of amides is 2. The Morgan fingerprint density at radius 1 is 0.750 bits per heavy atom. The molecule has 0 atom stereocenters. The van der Waals surface area contributed by atoms with E-state index in [4.69, 9.17) is 11.6 Å². The molecule has 4 aromatic rings. The number of hydrogen-bond donors (Lipinski definition) is 0. The maximum Gasteiger partial charge on any atom is 0.262 e. The molecule has 0 bridgehead atoms. The summed E-state index contributed by atoms with van der Waals surface area (Å²) in [6, 6.07) is 24.3. The van der Waals surface area contributed by atoms with Crippen LogP contribution >= 0.6 is 23.4 Å². The number of carbonyl (C=O) groups excluding carboxylic acids is 2. The molecule has 6 nitrogen and oxygen atoms in total. The number of nitrogens with zero attached hydrogens (tertiary/aromatic N) is 4. The van der Waals surface area contributed by atoms with E-state index in [0.717, 1.165) is 11.1 Å². The Morgan fingerprint density at radius 2 is 1.34 bits per heavy atom. The normalized spacial score (nSPS) is 13.0. The molecule has 0 spiro atoms. The molecule has 0 saturated heterocycles. The zero-order valence-electron chi connectivity index (χ0n) is 16.8. The van der Waals surface area contributed by atoms with Gasteiger partial charge in [0.15, 0.2) is 11.0 Å². The lowest BCUT2D eigenvalue weighted by molar-refractivity contribution is 0.0684. The Balaban J connectivity index is 1.46. The Hall–Kier alpha value is -3.42. The number of imide groups is 1. The lowest BCUT2D eigenvalue weighted by Crippen LogP contribution is -2.29. The number of fused-ring (bicyclic) bond motifs is 1. The van der Waals surface area contributed by atoms with Crippen molar-refractivity contribution >= 4 is 35.2 Å². The first-order valence-electron chi connectivity index (χ1n) is 9.93. The number of benzene rings is 3. The average molecular weight is 461 g/mol. The topological polar surface area (TPSA) is 68.1 Å². The van der Waals surface area contributed by atoms with Crippen LogP contribution in [-0.4, -0.2) is 37.4 Å². The molecule has 32 heavy (non-hydrogen) atoms. The van der Waals surface area contributed by atoms with Gasteiger partial charge in [0.2, 0.25) is 0 Å². The molecule has 0 saturated carbocycles. The maximum atomic E-state index is 12.7. The van der Waals surface area contributed by atoms with Crippen LogP contribution in [0.2, 0.25) is 5.02 Å². The Bertz CT molecular complexity index is 1290. The number of carbonyl (C=O) groups is 2. The summed E-state index contributed by atoms with van der Waals surface area (Å²) in [5, 5.41) is 9.92. The first-order chi connectivity index (χ1) is 15.6. The van der Waals surface area contributed by atoms with Crippen molar-refractivity contribution in [3.63, 3.8) is 0 Å². The molecule has 1 aliphatic rings. The molecule has 0 fully saturated rings. The fraction of sp³-hybridized carbons (Fsp3) is 0.0833. The lowest BCUT2D eigenvalue weighted by atomic mass is 10.1. The van der Waals surface area contributed by atoms with Gasteiger partial charge in [0.1, 0.15) is 0 Å². The molecule has 0 N–H and O–H groups in total. The van der Waals surface area contributed by atoms with Gasteiger partial charge in [-0.2, -0.15) is 0 Å². The highest BCUT2D eigenvalue weighted by Gasteiger charge is 2.35. The molecule has 3 aromatic carbocycles. The number of halogens is 1. The van der Waals surface area contributed by atoms with Crippen LogP contribution in [0.1, 0.15) is 26.3 Å². The highest BCUT2D eigenvalue weighted by atomic mass is 35.5. The van der Waals surface area contributed by atoms with Crippen molar-refractivity contribution in [1.29, 1.82) is 0 Å². The van der Waals surface area contributed by atoms with Crippen LogP contribution in [0.15, 0.2) is 84.0 Å². The van der Waals surface area contributed by atoms with E-state index in [1.807, 2.05) is 59.2 Å². The molecule has 2 heterocycles. The fourth-order valence-corrected chi connectivity index (χ4v) is 4.73. The van der Waals surface area contributed by atoms with Gasteiger partial charge in [-0.1, -0.05) is 78.0 Å². The summed E-state index contributed by atoms with van der Waals surface area (Å²) in [5.41, 5.74) is 2.70. The number of aromatic nitrogens is 3. The molecule has 1 aromatic heterocycles.